The van der Waals surface area contributed by atoms with Crippen molar-refractivity contribution in [3.63, 3.8) is 0 Å². The number of nitrogens with zero attached hydrogens (tertiary/aromatic N) is 3. The van der Waals surface area contributed by atoms with E-state index < -0.39 is 0 Å². The second kappa shape index (κ2) is 6.29. The molecule has 0 spiro atoms. The van der Waals surface area contributed by atoms with Gasteiger partial charge in [-0.05, 0) is 58.1 Å². The molecule has 0 aromatic carbocycles. The second-order valence-corrected chi connectivity index (χ2v) is 8.23. The second-order valence-electron chi connectivity index (χ2n) is 7.84. The molecule has 4 rings (SSSR count). The molecule has 1 atom stereocenters. The van der Waals surface area contributed by atoms with E-state index in [1.807, 2.05) is 6.07 Å². The zero-order chi connectivity index (χ0) is 17.6. The number of hydrogen-bond donors (Lipinski definition) is 1. The molecule has 2 fully saturated rings. The zero-order valence-electron chi connectivity index (χ0n) is 14.9. The van der Waals surface area contributed by atoms with Crippen LogP contribution in [0.1, 0.15) is 58.4 Å². The minimum Gasteiger partial charge on any atom is -0.372 e. The SMILES string of the molecule is C=C(CC1CCC(C)(C)O1)Nc1nc2ccc(Cl)nc2n1C1CCC1. The van der Waals surface area contributed by atoms with E-state index in [-0.39, 0.29) is 11.7 Å². The third-order valence-electron chi connectivity index (χ3n) is 5.26. The van der Waals surface area contributed by atoms with Crippen molar-refractivity contribution in [1.29, 1.82) is 0 Å². The summed E-state index contributed by atoms with van der Waals surface area (Å²) in [7, 11) is 0. The normalized spacial score (nSPS) is 22.9. The van der Waals surface area contributed by atoms with Crippen molar-refractivity contribution in [1.82, 2.24) is 14.5 Å². The molecule has 0 amide bonds. The Balaban J connectivity index is 1.55. The number of hydrogen-bond acceptors (Lipinski definition) is 4. The predicted octanol–water partition coefficient (Wildman–Crippen LogP) is 5.08. The Bertz CT molecular complexity index is 809. The summed E-state index contributed by atoms with van der Waals surface area (Å²) < 4.78 is 8.27. The molecule has 6 heteroatoms. The molecule has 25 heavy (non-hydrogen) atoms. The quantitative estimate of drug-likeness (QED) is 0.755. The van der Waals surface area contributed by atoms with Gasteiger partial charge in [-0.25, -0.2) is 9.97 Å². The van der Waals surface area contributed by atoms with E-state index in [1.54, 1.807) is 6.07 Å². The van der Waals surface area contributed by atoms with Crippen molar-refractivity contribution in [2.45, 2.75) is 70.1 Å². The summed E-state index contributed by atoms with van der Waals surface area (Å²) in [5.41, 5.74) is 2.63. The predicted molar refractivity (Wildman–Crippen MR) is 101 cm³/mol. The fourth-order valence-corrected chi connectivity index (χ4v) is 3.88. The fraction of sp³-hybridized carbons (Fsp3) is 0.579. The average Bonchev–Trinajstić information content (AvgIpc) is 2.98. The van der Waals surface area contributed by atoms with Crippen LogP contribution in [0.3, 0.4) is 0 Å². The Morgan fingerprint density at radius 1 is 1.36 bits per heavy atom. The van der Waals surface area contributed by atoms with Gasteiger partial charge in [-0.15, -0.1) is 0 Å². The van der Waals surface area contributed by atoms with E-state index in [0.717, 1.165) is 54.9 Å². The number of aromatic nitrogens is 3. The number of rotatable bonds is 5. The van der Waals surface area contributed by atoms with Crippen molar-refractivity contribution >= 4 is 28.7 Å². The summed E-state index contributed by atoms with van der Waals surface area (Å²) in [4.78, 5) is 9.23. The standard InChI is InChI=1S/C19H25ClN4O/c1-12(11-14-9-10-19(2,3)25-14)21-18-22-15-7-8-16(20)23-17(15)24(18)13-5-4-6-13/h7-8,13-14H,1,4-6,9-11H2,2-3H3,(H,21,22). The maximum absolute atomic E-state index is 6.10. The zero-order valence-corrected chi connectivity index (χ0v) is 15.6. The van der Waals surface area contributed by atoms with Crippen LogP contribution in [0.2, 0.25) is 5.15 Å². The van der Waals surface area contributed by atoms with Gasteiger partial charge >= 0.3 is 0 Å². The lowest BCUT2D eigenvalue weighted by molar-refractivity contribution is -0.0143. The van der Waals surface area contributed by atoms with Gasteiger partial charge in [0.25, 0.3) is 0 Å². The average molecular weight is 361 g/mol. The van der Waals surface area contributed by atoms with E-state index in [4.69, 9.17) is 21.3 Å². The largest absolute Gasteiger partial charge is 0.372 e. The summed E-state index contributed by atoms with van der Waals surface area (Å²) in [6.07, 6.45) is 6.74. The number of imidazole rings is 1. The van der Waals surface area contributed by atoms with E-state index in [0.29, 0.717) is 11.2 Å². The number of halogens is 1. The monoisotopic (exact) mass is 360 g/mol. The smallest absolute Gasteiger partial charge is 0.209 e. The van der Waals surface area contributed by atoms with Gasteiger partial charge in [-0.1, -0.05) is 18.2 Å². The van der Waals surface area contributed by atoms with Crippen LogP contribution < -0.4 is 5.32 Å². The van der Waals surface area contributed by atoms with Gasteiger partial charge in [0.15, 0.2) is 5.65 Å². The van der Waals surface area contributed by atoms with E-state index in [2.05, 4.69) is 35.3 Å². The molecule has 1 saturated heterocycles. The first-order valence-corrected chi connectivity index (χ1v) is 9.46. The topological polar surface area (TPSA) is 52.0 Å². The molecule has 0 bridgehead atoms. The van der Waals surface area contributed by atoms with Crippen molar-refractivity contribution in [3.8, 4) is 0 Å². The highest BCUT2D eigenvalue weighted by Crippen LogP contribution is 2.38. The Labute approximate surface area is 153 Å². The minimum absolute atomic E-state index is 0.0231. The lowest BCUT2D eigenvalue weighted by atomic mass is 9.93. The molecule has 134 valence electrons. The molecule has 2 aromatic heterocycles. The third-order valence-corrected chi connectivity index (χ3v) is 5.47. The van der Waals surface area contributed by atoms with Crippen LogP contribution in [0.4, 0.5) is 5.95 Å². The molecule has 1 saturated carbocycles. The fourth-order valence-electron chi connectivity index (χ4n) is 3.74. The summed E-state index contributed by atoms with van der Waals surface area (Å²) in [6, 6.07) is 4.15. The molecule has 1 aliphatic heterocycles. The van der Waals surface area contributed by atoms with Crippen molar-refractivity contribution in [2.24, 2.45) is 0 Å². The molecule has 1 unspecified atom stereocenters. The third kappa shape index (κ3) is 3.40. The van der Waals surface area contributed by atoms with Crippen LogP contribution in [-0.2, 0) is 4.74 Å². The van der Waals surface area contributed by atoms with E-state index in [1.165, 1.54) is 6.42 Å². The Morgan fingerprint density at radius 3 is 2.80 bits per heavy atom. The van der Waals surface area contributed by atoms with Crippen LogP contribution in [0.5, 0.6) is 0 Å². The van der Waals surface area contributed by atoms with Crippen LogP contribution >= 0.6 is 11.6 Å². The highest BCUT2D eigenvalue weighted by molar-refractivity contribution is 6.29. The van der Waals surface area contributed by atoms with Gasteiger partial charge in [0.1, 0.15) is 10.7 Å². The Kier molecular flexibility index (Phi) is 4.24. The van der Waals surface area contributed by atoms with Crippen molar-refractivity contribution in [3.05, 3.63) is 29.6 Å². The summed E-state index contributed by atoms with van der Waals surface area (Å²) >= 11 is 6.10. The van der Waals surface area contributed by atoms with Crippen LogP contribution in [-0.4, -0.2) is 26.2 Å². The van der Waals surface area contributed by atoms with Gasteiger partial charge in [0, 0.05) is 18.2 Å². The van der Waals surface area contributed by atoms with Crippen LogP contribution in [0, 0.1) is 0 Å². The summed E-state index contributed by atoms with van der Waals surface area (Å²) in [5, 5.41) is 3.92. The van der Waals surface area contributed by atoms with Crippen molar-refractivity contribution in [2.75, 3.05) is 5.32 Å². The summed E-state index contributed by atoms with van der Waals surface area (Å²) in [6.45, 7) is 8.50. The molecule has 1 N–H and O–H groups in total. The highest BCUT2D eigenvalue weighted by atomic mass is 35.5. The van der Waals surface area contributed by atoms with Crippen LogP contribution in [0.15, 0.2) is 24.4 Å². The maximum Gasteiger partial charge on any atom is 0.209 e. The lowest BCUT2D eigenvalue weighted by Crippen LogP contribution is -2.22. The number of ether oxygens (including phenoxy) is 1. The number of nitrogens with one attached hydrogen (secondary N) is 1. The molecule has 1 aliphatic carbocycles. The molecule has 2 aromatic rings. The molecule has 2 aliphatic rings. The van der Waals surface area contributed by atoms with Gasteiger partial charge in [-0.2, -0.15) is 0 Å². The van der Waals surface area contributed by atoms with Gasteiger partial charge in [0.05, 0.1) is 11.7 Å². The minimum atomic E-state index is -0.0231. The van der Waals surface area contributed by atoms with Gasteiger partial charge in [0.2, 0.25) is 5.95 Å². The first-order valence-electron chi connectivity index (χ1n) is 9.08. The first kappa shape index (κ1) is 16.9. The van der Waals surface area contributed by atoms with E-state index in [9.17, 15) is 0 Å². The molecular weight excluding hydrogens is 336 g/mol. The maximum atomic E-state index is 6.10. The summed E-state index contributed by atoms with van der Waals surface area (Å²) in [5.74, 6) is 0.816. The van der Waals surface area contributed by atoms with Gasteiger partial charge < -0.3 is 10.1 Å². The first-order chi connectivity index (χ1) is 11.9. The highest BCUT2D eigenvalue weighted by Gasteiger charge is 2.32. The van der Waals surface area contributed by atoms with Crippen LogP contribution in [0.25, 0.3) is 11.2 Å². The molecule has 3 heterocycles. The number of anilines is 1. The Hall–Kier alpha value is -1.59. The van der Waals surface area contributed by atoms with Gasteiger partial charge in [-0.3, -0.25) is 4.57 Å². The molecule has 0 radical (unpaired) electrons. The van der Waals surface area contributed by atoms with E-state index >= 15 is 0 Å². The number of fused-ring (bicyclic) bond motifs is 1. The Morgan fingerprint density at radius 2 is 2.16 bits per heavy atom. The lowest BCUT2D eigenvalue weighted by Gasteiger charge is -2.29. The molecule has 5 nitrogen and oxygen atoms in total. The number of pyridine rings is 1. The molecular formula is C19H25ClN4O. The van der Waals surface area contributed by atoms with Crippen molar-refractivity contribution < 1.29 is 4.74 Å².